The van der Waals surface area contributed by atoms with Crippen LogP contribution in [0.2, 0.25) is 5.02 Å². The zero-order chi connectivity index (χ0) is 12.9. The van der Waals surface area contributed by atoms with Crippen LogP contribution in [0.25, 0.3) is 10.9 Å². The highest BCUT2D eigenvalue weighted by atomic mass is 35.5. The van der Waals surface area contributed by atoms with Crippen molar-refractivity contribution in [2.24, 2.45) is 0 Å². The second-order valence-electron chi connectivity index (χ2n) is 4.27. The topological polar surface area (TPSA) is 53.4 Å². The van der Waals surface area contributed by atoms with Crippen molar-refractivity contribution in [3.05, 3.63) is 34.5 Å². The van der Waals surface area contributed by atoms with Gasteiger partial charge in [0.15, 0.2) is 0 Å². The van der Waals surface area contributed by atoms with Crippen LogP contribution >= 0.6 is 11.6 Å². The molecule has 1 amide bonds. The lowest BCUT2D eigenvalue weighted by Gasteiger charge is -2.10. The summed E-state index contributed by atoms with van der Waals surface area (Å²) in [5.74, 6) is 0.0270. The smallest absolute Gasteiger partial charge is 0.257 e. The van der Waals surface area contributed by atoms with Gasteiger partial charge in [-0.25, -0.2) is 4.98 Å². The average Bonchev–Trinajstić information content (AvgIpc) is 2.67. The number of amides is 1. The van der Waals surface area contributed by atoms with Gasteiger partial charge in [-0.15, -0.1) is 0 Å². The fourth-order valence-corrected chi connectivity index (χ4v) is 2.60. The number of phenols is 1. The van der Waals surface area contributed by atoms with E-state index in [4.69, 9.17) is 11.6 Å². The molecule has 0 bridgehead atoms. The number of pyridine rings is 1. The molecule has 3 rings (SSSR count). The summed E-state index contributed by atoms with van der Waals surface area (Å²) >= 11 is 6.28. The molecule has 1 aromatic carbocycles. The maximum Gasteiger partial charge on any atom is 0.257 e. The lowest BCUT2D eigenvalue weighted by atomic mass is 10.1. The third-order valence-electron chi connectivity index (χ3n) is 3.20. The average molecular weight is 263 g/mol. The van der Waals surface area contributed by atoms with E-state index in [1.165, 1.54) is 6.07 Å². The van der Waals surface area contributed by atoms with Crippen LogP contribution in [0, 0.1) is 0 Å². The lowest BCUT2D eigenvalue weighted by molar-refractivity contribution is 0.0787. The van der Waals surface area contributed by atoms with Gasteiger partial charge in [-0.2, -0.15) is 0 Å². The summed E-state index contributed by atoms with van der Waals surface area (Å²) in [5, 5.41) is 10.5. The summed E-state index contributed by atoms with van der Waals surface area (Å²) in [7, 11) is 0. The molecule has 0 aliphatic carbocycles. The SMILES string of the molecule is CCN1Cc2nc3ccc(O)cc3c(Cl)c2C1=O. The van der Waals surface area contributed by atoms with Crippen molar-refractivity contribution in [3.63, 3.8) is 0 Å². The molecular formula is C13H11ClN2O2. The number of hydrogen-bond acceptors (Lipinski definition) is 3. The Hall–Kier alpha value is -1.81. The predicted octanol–water partition coefficient (Wildman–Crippen LogP) is 2.57. The molecule has 5 heteroatoms. The van der Waals surface area contributed by atoms with Crippen LogP contribution in [-0.2, 0) is 6.54 Å². The number of fused-ring (bicyclic) bond motifs is 2. The molecular weight excluding hydrogens is 252 g/mol. The standard InChI is InChI=1S/C13H11ClN2O2/c1-2-16-6-10-11(13(16)18)12(14)8-5-7(17)3-4-9(8)15-10/h3-5,17H,2,6H2,1H3. The monoisotopic (exact) mass is 262 g/mol. The van der Waals surface area contributed by atoms with Crippen molar-refractivity contribution in [3.8, 4) is 5.75 Å². The summed E-state index contributed by atoms with van der Waals surface area (Å²) in [6.45, 7) is 3.05. The minimum atomic E-state index is -0.0877. The minimum absolute atomic E-state index is 0.0877. The Morgan fingerprint density at radius 2 is 2.28 bits per heavy atom. The van der Waals surface area contributed by atoms with Gasteiger partial charge in [-0.1, -0.05) is 11.6 Å². The Balaban J connectivity index is 2.31. The van der Waals surface area contributed by atoms with Crippen molar-refractivity contribution >= 4 is 28.4 Å². The van der Waals surface area contributed by atoms with Crippen molar-refractivity contribution in [1.82, 2.24) is 9.88 Å². The van der Waals surface area contributed by atoms with E-state index in [1.807, 2.05) is 6.92 Å². The Bertz CT molecular complexity index is 670. The summed E-state index contributed by atoms with van der Waals surface area (Å²) in [6.07, 6.45) is 0. The van der Waals surface area contributed by atoms with Crippen LogP contribution in [0.1, 0.15) is 23.0 Å². The number of aromatic hydroxyl groups is 1. The fourth-order valence-electron chi connectivity index (χ4n) is 2.26. The van der Waals surface area contributed by atoms with Crippen LogP contribution in [0.15, 0.2) is 18.2 Å². The van der Waals surface area contributed by atoms with E-state index in [0.717, 1.165) is 0 Å². The summed E-state index contributed by atoms with van der Waals surface area (Å²) < 4.78 is 0. The van der Waals surface area contributed by atoms with Gasteiger partial charge >= 0.3 is 0 Å². The molecule has 1 aliphatic rings. The van der Waals surface area contributed by atoms with Crippen LogP contribution in [0.5, 0.6) is 5.75 Å². The van der Waals surface area contributed by atoms with Gasteiger partial charge < -0.3 is 10.0 Å². The third-order valence-corrected chi connectivity index (χ3v) is 3.60. The molecule has 2 aromatic rings. The second-order valence-corrected chi connectivity index (χ2v) is 4.65. The molecule has 1 N–H and O–H groups in total. The first-order chi connectivity index (χ1) is 8.61. The highest BCUT2D eigenvalue weighted by molar-refractivity contribution is 6.38. The van der Waals surface area contributed by atoms with Crippen molar-refractivity contribution in [1.29, 1.82) is 0 Å². The molecule has 0 saturated carbocycles. The molecule has 1 aliphatic heterocycles. The predicted molar refractivity (Wildman–Crippen MR) is 68.8 cm³/mol. The number of hydrogen-bond donors (Lipinski definition) is 1. The Kier molecular flexibility index (Phi) is 2.41. The lowest BCUT2D eigenvalue weighted by Crippen LogP contribution is -2.23. The van der Waals surface area contributed by atoms with Gasteiger partial charge in [0.1, 0.15) is 5.75 Å². The van der Waals surface area contributed by atoms with E-state index in [1.54, 1.807) is 17.0 Å². The maximum atomic E-state index is 12.1. The van der Waals surface area contributed by atoms with Crippen LogP contribution in [0.3, 0.4) is 0 Å². The minimum Gasteiger partial charge on any atom is -0.508 e. The van der Waals surface area contributed by atoms with Crippen molar-refractivity contribution in [2.75, 3.05) is 6.54 Å². The Labute approximate surface area is 109 Å². The van der Waals surface area contributed by atoms with Crippen molar-refractivity contribution in [2.45, 2.75) is 13.5 Å². The number of phenolic OH excluding ortho intramolecular Hbond substituents is 1. The zero-order valence-electron chi connectivity index (χ0n) is 9.77. The Morgan fingerprint density at radius 1 is 1.50 bits per heavy atom. The molecule has 0 radical (unpaired) electrons. The first-order valence-corrected chi connectivity index (χ1v) is 6.10. The van der Waals surface area contributed by atoms with Crippen LogP contribution < -0.4 is 0 Å². The molecule has 0 spiro atoms. The summed E-state index contributed by atoms with van der Waals surface area (Å²) in [4.78, 5) is 18.3. The number of benzene rings is 1. The van der Waals surface area contributed by atoms with Crippen LogP contribution in [-0.4, -0.2) is 27.4 Å². The van der Waals surface area contributed by atoms with Gasteiger partial charge in [-0.3, -0.25) is 4.79 Å². The largest absolute Gasteiger partial charge is 0.508 e. The van der Waals surface area contributed by atoms with Crippen LogP contribution in [0.4, 0.5) is 0 Å². The number of halogens is 1. The van der Waals surface area contributed by atoms with Gasteiger partial charge in [0.25, 0.3) is 5.91 Å². The van der Waals surface area contributed by atoms with E-state index in [2.05, 4.69) is 4.98 Å². The number of rotatable bonds is 1. The molecule has 2 heterocycles. The molecule has 4 nitrogen and oxygen atoms in total. The molecule has 0 atom stereocenters. The van der Waals surface area contributed by atoms with Gasteiger partial charge in [-0.05, 0) is 25.1 Å². The van der Waals surface area contributed by atoms with E-state index in [-0.39, 0.29) is 11.7 Å². The fraction of sp³-hybridized carbons (Fsp3) is 0.231. The molecule has 0 fully saturated rings. The normalized spacial score (nSPS) is 14.3. The molecule has 0 unspecified atom stereocenters. The summed E-state index contributed by atoms with van der Waals surface area (Å²) in [5.41, 5.74) is 1.88. The second kappa shape index (κ2) is 3.85. The van der Waals surface area contributed by atoms with E-state index in [9.17, 15) is 9.90 Å². The first kappa shape index (κ1) is 11.3. The molecule has 92 valence electrons. The highest BCUT2D eigenvalue weighted by Gasteiger charge is 2.31. The molecule has 18 heavy (non-hydrogen) atoms. The Morgan fingerprint density at radius 3 is 3.00 bits per heavy atom. The first-order valence-electron chi connectivity index (χ1n) is 5.72. The maximum absolute atomic E-state index is 12.1. The van der Waals surface area contributed by atoms with E-state index >= 15 is 0 Å². The highest BCUT2D eigenvalue weighted by Crippen LogP contribution is 2.34. The zero-order valence-corrected chi connectivity index (χ0v) is 10.5. The van der Waals surface area contributed by atoms with Gasteiger partial charge in [0.2, 0.25) is 0 Å². The third kappa shape index (κ3) is 1.46. The summed E-state index contributed by atoms with van der Waals surface area (Å²) in [6, 6.07) is 4.80. The van der Waals surface area contributed by atoms with Crippen molar-refractivity contribution < 1.29 is 9.90 Å². The molecule has 1 aromatic heterocycles. The van der Waals surface area contributed by atoms with Gasteiger partial charge in [0, 0.05) is 11.9 Å². The van der Waals surface area contributed by atoms with E-state index in [0.29, 0.717) is 40.3 Å². The van der Waals surface area contributed by atoms with Gasteiger partial charge in [0.05, 0.1) is 28.3 Å². The number of carbonyl (C=O) groups is 1. The van der Waals surface area contributed by atoms with E-state index < -0.39 is 0 Å². The number of nitrogens with zero attached hydrogens (tertiary/aromatic N) is 2. The number of aromatic nitrogens is 1. The quantitative estimate of drug-likeness (QED) is 0.859. The molecule has 0 saturated heterocycles. The number of carbonyl (C=O) groups excluding carboxylic acids is 1.